The second kappa shape index (κ2) is 3.11. The van der Waals surface area contributed by atoms with Gasteiger partial charge in [0.25, 0.3) is 5.24 Å². The van der Waals surface area contributed by atoms with Gasteiger partial charge >= 0.3 is 0 Å². The van der Waals surface area contributed by atoms with Crippen molar-refractivity contribution in [2.75, 3.05) is 6.54 Å². The van der Waals surface area contributed by atoms with Crippen LogP contribution in [0.25, 0.3) is 0 Å². The van der Waals surface area contributed by atoms with Crippen molar-refractivity contribution in [1.82, 2.24) is 5.32 Å². The van der Waals surface area contributed by atoms with Gasteiger partial charge in [-0.1, -0.05) is 28.7 Å². The largest absolute Gasteiger partial charge is 0.343 e. The summed E-state index contributed by atoms with van der Waals surface area (Å²) in [4.78, 5) is 12.3. The van der Waals surface area contributed by atoms with E-state index in [9.17, 15) is 4.79 Å². The summed E-state index contributed by atoms with van der Waals surface area (Å²) in [6, 6.07) is 9.86. The summed E-state index contributed by atoms with van der Waals surface area (Å²) < 4.78 is 0. The van der Waals surface area contributed by atoms with Gasteiger partial charge in [-0.25, -0.2) is 0 Å². The fourth-order valence-electron chi connectivity index (χ4n) is 1.13. The average molecular weight is 179 g/mol. The highest BCUT2D eigenvalue weighted by molar-refractivity contribution is 8.28. The normalized spacial score (nSPS) is 21.7. The number of benzene rings is 1. The van der Waals surface area contributed by atoms with Crippen molar-refractivity contribution in [3.05, 3.63) is 30.3 Å². The van der Waals surface area contributed by atoms with Gasteiger partial charge in [0.1, 0.15) is 0 Å². The third-order valence-electron chi connectivity index (χ3n) is 1.69. The van der Waals surface area contributed by atoms with Crippen LogP contribution in [0.15, 0.2) is 35.2 Å². The molecule has 0 saturated heterocycles. The molecule has 1 aliphatic heterocycles. The van der Waals surface area contributed by atoms with Gasteiger partial charge in [0.05, 0.1) is 0 Å². The lowest BCUT2D eigenvalue weighted by Crippen LogP contribution is -2.13. The predicted octanol–water partition coefficient (Wildman–Crippen LogP) is 1.84. The first-order chi connectivity index (χ1) is 5.88. The third kappa shape index (κ3) is 1.28. The van der Waals surface area contributed by atoms with Gasteiger partial charge in [-0.15, -0.1) is 0 Å². The summed E-state index contributed by atoms with van der Waals surface area (Å²) in [6.45, 7) is 0.705. The van der Waals surface area contributed by atoms with Crippen LogP contribution in [0.4, 0.5) is 4.79 Å². The van der Waals surface area contributed by atoms with Crippen molar-refractivity contribution in [3.8, 4) is 0 Å². The Hall–Kier alpha value is -1.09. The third-order valence-corrected chi connectivity index (χ3v) is 3.52. The van der Waals surface area contributed by atoms with Crippen LogP contribution in [0.3, 0.4) is 0 Å². The maximum absolute atomic E-state index is 11.2. The van der Waals surface area contributed by atoms with E-state index in [1.165, 1.54) is 0 Å². The molecule has 1 aromatic rings. The molecule has 1 atom stereocenters. The zero-order valence-electron chi connectivity index (χ0n) is 6.49. The molecule has 1 aromatic carbocycles. The lowest BCUT2D eigenvalue weighted by atomic mass is 10.4. The molecule has 0 radical (unpaired) electrons. The van der Waals surface area contributed by atoms with Gasteiger partial charge in [0.15, 0.2) is 0 Å². The summed E-state index contributed by atoms with van der Waals surface area (Å²) in [5.41, 5.74) is 0. The molecule has 1 N–H and O–H groups in total. The first kappa shape index (κ1) is 7.55. The molecule has 1 amide bonds. The van der Waals surface area contributed by atoms with Crippen LogP contribution in [0.5, 0.6) is 0 Å². The van der Waals surface area contributed by atoms with Crippen molar-refractivity contribution in [2.45, 2.75) is 4.90 Å². The molecular weight excluding hydrogens is 170 g/mol. The summed E-state index contributed by atoms with van der Waals surface area (Å²) in [7, 11) is -0.310. The van der Waals surface area contributed by atoms with E-state index in [0.29, 0.717) is 6.54 Å². The Kier molecular flexibility index (Phi) is 1.96. The standard InChI is InChI=1S/C9H9NOS/c11-9-10-6-7-12(9)8-4-2-1-3-5-8/h1-5,7H,6H2,(H,10,11). The van der Waals surface area contributed by atoms with Crippen molar-refractivity contribution in [3.63, 3.8) is 0 Å². The highest BCUT2D eigenvalue weighted by atomic mass is 32.2. The van der Waals surface area contributed by atoms with Crippen LogP contribution in [-0.2, 0) is 0 Å². The quantitative estimate of drug-likeness (QED) is 0.655. The molecule has 0 aromatic heterocycles. The van der Waals surface area contributed by atoms with Crippen LogP contribution in [0, 0.1) is 0 Å². The molecule has 0 aliphatic carbocycles. The Balaban J connectivity index is 2.38. The van der Waals surface area contributed by atoms with Crippen molar-refractivity contribution < 1.29 is 4.79 Å². The Bertz CT molecular complexity index is 332. The van der Waals surface area contributed by atoms with Crippen molar-refractivity contribution >= 4 is 21.1 Å². The lowest BCUT2D eigenvalue weighted by Gasteiger charge is -2.00. The number of hydrogen-bond donors (Lipinski definition) is 1. The SMILES string of the molecule is O=C1NCC=S1c1ccccc1. The first-order valence-electron chi connectivity index (χ1n) is 3.77. The second-order valence-electron chi connectivity index (χ2n) is 2.49. The van der Waals surface area contributed by atoms with Crippen LogP contribution in [-0.4, -0.2) is 17.2 Å². The smallest absolute Gasteiger partial charge is 0.277 e. The highest BCUT2D eigenvalue weighted by Gasteiger charge is 2.13. The summed E-state index contributed by atoms with van der Waals surface area (Å²) in [5.74, 6) is 0. The van der Waals surface area contributed by atoms with E-state index in [-0.39, 0.29) is 15.7 Å². The second-order valence-corrected chi connectivity index (χ2v) is 4.34. The van der Waals surface area contributed by atoms with E-state index in [0.717, 1.165) is 4.90 Å². The lowest BCUT2D eigenvalue weighted by molar-refractivity contribution is 0.262. The van der Waals surface area contributed by atoms with E-state index < -0.39 is 0 Å². The molecule has 0 fully saturated rings. The fourth-order valence-corrected chi connectivity index (χ4v) is 2.63. The average Bonchev–Trinajstić information content (AvgIpc) is 2.53. The van der Waals surface area contributed by atoms with Crippen LogP contribution < -0.4 is 5.32 Å². The molecule has 2 nitrogen and oxygen atoms in total. The molecule has 1 unspecified atom stereocenters. The maximum Gasteiger partial charge on any atom is 0.277 e. The molecule has 62 valence electrons. The minimum Gasteiger partial charge on any atom is -0.343 e. The highest BCUT2D eigenvalue weighted by Crippen LogP contribution is 2.27. The number of carbonyl (C=O) groups excluding carboxylic acids is 1. The van der Waals surface area contributed by atoms with E-state index >= 15 is 0 Å². The van der Waals surface area contributed by atoms with E-state index in [1.54, 1.807) is 0 Å². The molecule has 0 spiro atoms. The van der Waals surface area contributed by atoms with E-state index in [2.05, 4.69) is 5.32 Å². The summed E-state index contributed by atoms with van der Waals surface area (Å²) >= 11 is 0. The van der Waals surface area contributed by atoms with Crippen molar-refractivity contribution in [1.29, 1.82) is 0 Å². The van der Waals surface area contributed by atoms with Gasteiger partial charge in [-0.05, 0) is 17.5 Å². The van der Waals surface area contributed by atoms with Gasteiger partial charge < -0.3 is 5.32 Å². The first-order valence-corrected chi connectivity index (χ1v) is 5.06. The summed E-state index contributed by atoms with van der Waals surface area (Å²) in [5, 5.41) is 4.95. The Morgan fingerprint density at radius 2 is 2.00 bits per heavy atom. The maximum atomic E-state index is 11.2. The van der Waals surface area contributed by atoms with Gasteiger partial charge in [0.2, 0.25) is 0 Å². The van der Waals surface area contributed by atoms with E-state index in [1.807, 2.05) is 35.7 Å². The number of nitrogens with one attached hydrogen (secondary N) is 1. The molecule has 0 saturated carbocycles. The number of hydrogen-bond acceptors (Lipinski definition) is 1. The predicted molar refractivity (Wildman–Crippen MR) is 51.8 cm³/mol. The molecule has 0 bridgehead atoms. The molecule has 2 rings (SSSR count). The van der Waals surface area contributed by atoms with Crippen LogP contribution >= 0.6 is 10.5 Å². The number of amides is 1. The van der Waals surface area contributed by atoms with Crippen molar-refractivity contribution in [2.24, 2.45) is 0 Å². The minimum atomic E-state index is -0.310. The topological polar surface area (TPSA) is 29.1 Å². The van der Waals surface area contributed by atoms with Crippen LogP contribution in [0.2, 0.25) is 0 Å². The summed E-state index contributed by atoms with van der Waals surface area (Å²) in [6.07, 6.45) is 0. The minimum absolute atomic E-state index is 0.140. The number of rotatable bonds is 1. The molecule has 12 heavy (non-hydrogen) atoms. The van der Waals surface area contributed by atoms with Gasteiger partial charge in [-0.3, -0.25) is 4.79 Å². The number of carbonyl (C=O) groups is 1. The zero-order valence-corrected chi connectivity index (χ0v) is 7.30. The van der Waals surface area contributed by atoms with Crippen LogP contribution in [0.1, 0.15) is 0 Å². The monoisotopic (exact) mass is 179 g/mol. The van der Waals surface area contributed by atoms with Gasteiger partial charge in [0, 0.05) is 11.4 Å². The fraction of sp³-hybridized carbons (Fsp3) is 0.111. The molecular formula is C9H9NOS. The Morgan fingerprint density at radius 3 is 2.58 bits per heavy atom. The van der Waals surface area contributed by atoms with E-state index in [4.69, 9.17) is 0 Å². The Morgan fingerprint density at radius 1 is 1.25 bits per heavy atom. The molecule has 1 aliphatic rings. The Labute approximate surface area is 73.5 Å². The zero-order chi connectivity index (χ0) is 8.39. The molecule has 1 heterocycles. The van der Waals surface area contributed by atoms with Gasteiger partial charge in [-0.2, -0.15) is 0 Å². The molecule has 3 heteroatoms.